The van der Waals surface area contributed by atoms with Gasteiger partial charge < -0.3 is 5.32 Å². The molecule has 5 nitrogen and oxygen atoms in total. The monoisotopic (exact) mass is 310 g/mol. The van der Waals surface area contributed by atoms with Crippen molar-refractivity contribution < 1.29 is 13.2 Å². The van der Waals surface area contributed by atoms with Gasteiger partial charge in [-0.25, -0.2) is 13.1 Å². The summed E-state index contributed by atoms with van der Waals surface area (Å²) < 4.78 is 26.7. The third-order valence-electron chi connectivity index (χ3n) is 3.66. The number of hydrogen-bond acceptors (Lipinski definition) is 3. The summed E-state index contributed by atoms with van der Waals surface area (Å²) in [5.41, 5.74) is 0.886. The quantitative estimate of drug-likeness (QED) is 0.806. The Bertz CT molecular complexity index is 592. The molecule has 1 fully saturated rings. The average molecular weight is 310 g/mol. The van der Waals surface area contributed by atoms with Crippen molar-refractivity contribution in [3.63, 3.8) is 0 Å². The maximum Gasteiger partial charge on any atom is 0.240 e. The molecule has 1 amide bonds. The van der Waals surface area contributed by atoms with Crippen LogP contribution in [0.2, 0.25) is 0 Å². The Labute approximate surface area is 126 Å². The van der Waals surface area contributed by atoms with Crippen molar-refractivity contribution in [2.75, 3.05) is 0 Å². The lowest BCUT2D eigenvalue weighted by molar-refractivity contribution is -0.124. The minimum absolute atomic E-state index is 0.00704. The van der Waals surface area contributed by atoms with Gasteiger partial charge in [0.25, 0.3) is 0 Å². The van der Waals surface area contributed by atoms with Crippen molar-refractivity contribution in [3.8, 4) is 0 Å². The number of carbonyl (C=O) groups excluding carboxylic acids is 1. The fraction of sp³-hybridized carbons (Fsp3) is 0.533. The van der Waals surface area contributed by atoms with E-state index in [9.17, 15) is 13.2 Å². The summed E-state index contributed by atoms with van der Waals surface area (Å²) in [6.07, 6.45) is 2.63. The molecule has 0 spiro atoms. The Morgan fingerprint density at radius 3 is 2.43 bits per heavy atom. The molecule has 1 aromatic rings. The third-order valence-corrected chi connectivity index (χ3v) is 5.20. The summed E-state index contributed by atoms with van der Waals surface area (Å²) in [4.78, 5) is 12.0. The maximum absolute atomic E-state index is 12.0. The molecule has 1 atom stereocenters. The lowest BCUT2D eigenvalue weighted by Gasteiger charge is -2.10. The lowest BCUT2D eigenvalue weighted by Crippen LogP contribution is -2.28. The predicted octanol–water partition coefficient (Wildman–Crippen LogP) is 1.79. The normalized spacial score (nSPS) is 16.5. The highest BCUT2D eigenvalue weighted by molar-refractivity contribution is 7.89. The zero-order valence-electron chi connectivity index (χ0n) is 12.4. The number of nitrogens with one attached hydrogen (secondary N) is 2. The van der Waals surface area contributed by atoms with Crippen LogP contribution in [0.5, 0.6) is 0 Å². The Morgan fingerprint density at radius 1 is 1.29 bits per heavy atom. The van der Waals surface area contributed by atoms with Gasteiger partial charge in [0.2, 0.25) is 15.9 Å². The van der Waals surface area contributed by atoms with Gasteiger partial charge in [0.15, 0.2) is 0 Å². The summed E-state index contributed by atoms with van der Waals surface area (Å²) >= 11 is 0. The van der Waals surface area contributed by atoms with E-state index in [1.165, 1.54) is 0 Å². The molecule has 1 unspecified atom stereocenters. The van der Waals surface area contributed by atoms with Crippen LogP contribution in [-0.2, 0) is 21.4 Å². The second-order valence-electron chi connectivity index (χ2n) is 5.57. The molecule has 0 bridgehead atoms. The highest BCUT2D eigenvalue weighted by Crippen LogP contribution is 2.22. The first-order chi connectivity index (χ1) is 9.92. The van der Waals surface area contributed by atoms with Crippen LogP contribution < -0.4 is 10.0 Å². The molecule has 2 N–H and O–H groups in total. The Morgan fingerprint density at radius 2 is 1.90 bits per heavy atom. The van der Waals surface area contributed by atoms with Crippen LogP contribution in [0.1, 0.15) is 38.7 Å². The minimum atomic E-state index is -3.40. The molecule has 0 heterocycles. The van der Waals surface area contributed by atoms with Gasteiger partial charge in [-0.05, 0) is 37.0 Å². The Hall–Kier alpha value is -1.40. The summed E-state index contributed by atoms with van der Waals surface area (Å²) in [5.74, 6) is 0.0111. The molecular weight excluding hydrogens is 288 g/mol. The highest BCUT2D eigenvalue weighted by Gasteiger charge is 2.27. The summed E-state index contributed by atoms with van der Waals surface area (Å²) in [7, 11) is -3.40. The van der Waals surface area contributed by atoms with E-state index in [2.05, 4.69) is 10.0 Å². The van der Waals surface area contributed by atoms with E-state index in [4.69, 9.17) is 0 Å². The molecule has 0 radical (unpaired) electrons. The smallest absolute Gasteiger partial charge is 0.240 e. The van der Waals surface area contributed by atoms with E-state index >= 15 is 0 Å². The van der Waals surface area contributed by atoms with Crippen LogP contribution in [0.3, 0.4) is 0 Å². The van der Waals surface area contributed by atoms with Gasteiger partial charge in [-0.3, -0.25) is 4.79 Å². The molecular formula is C15H22N2O3S. The first-order valence-electron chi connectivity index (χ1n) is 7.31. The zero-order chi connectivity index (χ0) is 15.5. The Kier molecular flexibility index (Phi) is 5.00. The van der Waals surface area contributed by atoms with Gasteiger partial charge in [-0.2, -0.15) is 0 Å². The van der Waals surface area contributed by atoms with Crippen molar-refractivity contribution in [1.82, 2.24) is 10.0 Å². The number of carbonyl (C=O) groups is 1. The number of amides is 1. The minimum Gasteiger partial charge on any atom is -0.352 e. The molecule has 1 saturated carbocycles. The van der Waals surface area contributed by atoms with Crippen LogP contribution >= 0.6 is 0 Å². The van der Waals surface area contributed by atoms with E-state index < -0.39 is 10.0 Å². The van der Waals surface area contributed by atoms with Crippen LogP contribution in [0, 0.1) is 5.92 Å². The number of rotatable bonds is 7. The summed E-state index contributed by atoms with van der Waals surface area (Å²) in [6, 6.07) is 6.73. The topological polar surface area (TPSA) is 75.3 Å². The molecule has 116 valence electrons. The molecule has 0 aromatic heterocycles. The molecule has 0 aliphatic heterocycles. The first-order valence-corrected chi connectivity index (χ1v) is 8.79. The zero-order valence-corrected chi connectivity index (χ0v) is 13.2. The lowest BCUT2D eigenvalue weighted by atomic mass is 10.1. The van der Waals surface area contributed by atoms with Crippen molar-refractivity contribution in [3.05, 3.63) is 29.8 Å². The first kappa shape index (κ1) is 16.0. The fourth-order valence-corrected chi connectivity index (χ4v) is 3.13. The number of hydrogen-bond donors (Lipinski definition) is 2. The number of benzene rings is 1. The van der Waals surface area contributed by atoms with Crippen molar-refractivity contribution in [1.29, 1.82) is 0 Å². The highest BCUT2D eigenvalue weighted by atomic mass is 32.2. The van der Waals surface area contributed by atoms with E-state index in [0.29, 0.717) is 6.54 Å². The largest absolute Gasteiger partial charge is 0.352 e. The molecule has 6 heteroatoms. The fourth-order valence-electron chi connectivity index (χ4n) is 1.82. The molecule has 0 saturated heterocycles. The summed E-state index contributed by atoms with van der Waals surface area (Å²) in [5, 5.41) is 2.85. The Balaban J connectivity index is 1.94. The molecule has 2 rings (SSSR count). The van der Waals surface area contributed by atoms with Crippen LogP contribution in [-0.4, -0.2) is 20.4 Å². The van der Waals surface area contributed by atoms with Gasteiger partial charge in [-0.1, -0.05) is 26.0 Å². The van der Waals surface area contributed by atoms with E-state index in [1.54, 1.807) is 24.3 Å². The number of sulfonamides is 1. The molecule has 1 aliphatic rings. The standard InChI is InChI=1S/C15H22N2O3S/c1-3-11(2)15(18)16-10-12-4-8-14(9-5-12)21(19,20)17-13-6-7-13/h4-5,8-9,11,13,17H,3,6-7,10H2,1-2H3,(H,16,18). The third kappa shape index (κ3) is 4.54. The summed E-state index contributed by atoms with van der Waals surface area (Å²) in [6.45, 7) is 4.27. The molecule has 1 aliphatic carbocycles. The molecule has 21 heavy (non-hydrogen) atoms. The van der Waals surface area contributed by atoms with Crippen LogP contribution in [0.25, 0.3) is 0 Å². The van der Waals surface area contributed by atoms with Crippen LogP contribution in [0.4, 0.5) is 0 Å². The van der Waals surface area contributed by atoms with Crippen LogP contribution in [0.15, 0.2) is 29.2 Å². The van der Waals surface area contributed by atoms with Gasteiger partial charge in [0.1, 0.15) is 0 Å². The van der Waals surface area contributed by atoms with Crippen molar-refractivity contribution in [2.45, 2.75) is 50.6 Å². The van der Waals surface area contributed by atoms with E-state index in [-0.39, 0.29) is 22.8 Å². The van der Waals surface area contributed by atoms with Gasteiger partial charge in [0, 0.05) is 18.5 Å². The molecule has 1 aromatic carbocycles. The second kappa shape index (κ2) is 6.58. The second-order valence-corrected chi connectivity index (χ2v) is 7.28. The average Bonchev–Trinajstić information content (AvgIpc) is 3.27. The van der Waals surface area contributed by atoms with Crippen molar-refractivity contribution >= 4 is 15.9 Å². The van der Waals surface area contributed by atoms with Gasteiger partial charge >= 0.3 is 0 Å². The predicted molar refractivity (Wildman–Crippen MR) is 81.1 cm³/mol. The van der Waals surface area contributed by atoms with Gasteiger partial charge in [0.05, 0.1) is 4.90 Å². The van der Waals surface area contributed by atoms with E-state index in [0.717, 1.165) is 24.8 Å². The van der Waals surface area contributed by atoms with Crippen molar-refractivity contribution in [2.24, 2.45) is 5.92 Å². The maximum atomic E-state index is 12.0. The van der Waals surface area contributed by atoms with Gasteiger partial charge in [-0.15, -0.1) is 0 Å². The van der Waals surface area contributed by atoms with E-state index in [1.807, 2.05) is 13.8 Å². The SMILES string of the molecule is CCC(C)C(=O)NCc1ccc(S(=O)(=O)NC2CC2)cc1.